The maximum absolute atomic E-state index is 12.7. The van der Waals surface area contributed by atoms with Gasteiger partial charge in [-0.2, -0.15) is 0 Å². The molecule has 0 spiro atoms. The predicted molar refractivity (Wildman–Crippen MR) is 212 cm³/mol. The molecule has 0 heterocycles. The fourth-order valence-corrected chi connectivity index (χ4v) is 6.29. The smallest absolute Gasteiger partial charge is 0.387 e. The molecule has 0 aromatic rings. The number of carbonyl (C=O) groups is 1. The monoisotopic (exact) mass is 725 g/mol. The highest BCUT2D eigenvalue weighted by Gasteiger charge is 2.26. The van der Waals surface area contributed by atoms with Crippen molar-refractivity contribution in [2.24, 2.45) is 5.73 Å². The molecule has 3 unspecified atom stereocenters. The van der Waals surface area contributed by atoms with E-state index in [-0.39, 0.29) is 25.7 Å². The standard InChI is InChI=1S/C41H77N2O6P/c1-3-5-7-9-11-13-15-17-19-21-23-25-27-29-31-33-35-41(45)43-39(38-49-50(46,47)48-37-36-42)40(44)34-32-30-28-26-24-22-20-18-16-14-12-10-8-6-4-2/h13,15,19,21,24,26,32,34,39-40,44H,3-12,14,16-18,20,22-23,25,27-31,33,35-38,42H2,1-2H3,(H,43,45)(H,46,47)/b15-13-,21-19-,26-24+,34-32+. The average Bonchev–Trinajstić information content (AvgIpc) is 3.10. The third kappa shape index (κ3) is 34.9. The molecular formula is C41H77N2O6P. The van der Waals surface area contributed by atoms with Crippen LogP contribution in [0, 0.1) is 0 Å². The third-order valence-corrected chi connectivity index (χ3v) is 9.61. The van der Waals surface area contributed by atoms with E-state index in [4.69, 9.17) is 14.8 Å². The van der Waals surface area contributed by atoms with Gasteiger partial charge in [-0.15, -0.1) is 0 Å². The Bertz CT molecular complexity index is 923. The van der Waals surface area contributed by atoms with Crippen molar-refractivity contribution in [3.05, 3.63) is 48.6 Å². The molecule has 0 aliphatic rings. The molecule has 1 amide bonds. The van der Waals surface area contributed by atoms with E-state index in [9.17, 15) is 19.4 Å². The van der Waals surface area contributed by atoms with Crippen molar-refractivity contribution in [2.45, 2.75) is 187 Å². The summed E-state index contributed by atoms with van der Waals surface area (Å²) in [6.45, 7) is 4.07. The molecular weight excluding hydrogens is 647 g/mol. The van der Waals surface area contributed by atoms with Gasteiger partial charge in [0.1, 0.15) is 0 Å². The van der Waals surface area contributed by atoms with Crippen molar-refractivity contribution in [2.75, 3.05) is 19.8 Å². The predicted octanol–water partition coefficient (Wildman–Crippen LogP) is 10.9. The van der Waals surface area contributed by atoms with Crippen molar-refractivity contribution < 1.29 is 28.4 Å². The SMILES string of the molecule is CCCCCC/C=C\C/C=C\CCCCCCCC(=O)NC(COP(=O)(O)OCCN)C(O)/C=C/CC/C=C/CCCCCCCCCCC. The Labute approximate surface area is 307 Å². The Morgan fingerprint density at radius 1 is 0.660 bits per heavy atom. The van der Waals surface area contributed by atoms with Gasteiger partial charge in [0.05, 0.1) is 25.4 Å². The van der Waals surface area contributed by atoms with Gasteiger partial charge in [0, 0.05) is 13.0 Å². The molecule has 0 rings (SSSR count). The number of allylic oxidation sites excluding steroid dienone is 7. The minimum atomic E-state index is -4.35. The van der Waals surface area contributed by atoms with Crippen LogP contribution in [0.15, 0.2) is 48.6 Å². The maximum Gasteiger partial charge on any atom is 0.472 e. The molecule has 0 aliphatic heterocycles. The molecule has 0 radical (unpaired) electrons. The van der Waals surface area contributed by atoms with Gasteiger partial charge in [0.15, 0.2) is 0 Å². The first kappa shape index (κ1) is 48.5. The second-order valence-corrected chi connectivity index (χ2v) is 14.9. The zero-order valence-electron chi connectivity index (χ0n) is 32.1. The van der Waals surface area contributed by atoms with Gasteiger partial charge >= 0.3 is 7.82 Å². The summed E-state index contributed by atoms with van der Waals surface area (Å²) in [7, 11) is -4.35. The van der Waals surface area contributed by atoms with E-state index >= 15 is 0 Å². The van der Waals surface area contributed by atoms with Crippen molar-refractivity contribution in [1.29, 1.82) is 0 Å². The van der Waals surface area contributed by atoms with Gasteiger partial charge in [-0.1, -0.05) is 152 Å². The fraction of sp³-hybridized carbons (Fsp3) is 0.780. The molecule has 9 heteroatoms. The van der Waals surface area contributed by atoms with Gasteiger partial charge in [0.25, 0.3) is 0 Å². The molecule has 3 atom stereocenters. The highest BCUT2D eigenvalue weighted by Crippen LogP contribution is 2.43. The van der Waals surface area contributed by atoms with E-state index in [1.165, 1.54) is 89.9 Å². The van der Waals surface area contributed by atoms with Crippen molar-refractivity contribution in [3.63, 3.8) is 0 Å². The molecule has 8 nitrogen and oxygen atoms in total. The Balaban J connectivity index is 4.36. The summed E-state index contributed by atoms with van der Waals surface area (Å²) in [5.41, 5.74) is 5.36. The van der Waals surface area contributed by atoms with E-state index in [1.807, 2.05) is 6.08 Å². The molecule has 50 heavy (non-hydrogen) atoms. The van der Waals surface area contributed by atoms with E-state index in [1.54, 1.807) is 6.08 Å². The number of aliphatic hydroxyl groups excluding tert-OH is 1. The van der Waals surface area contributed by atoms with Crippen LogP contribution in [0.2, 0.25) is 0 Å². The summed E-state index contributed by atoms with van der Waals surface area (Å²) in [4.78, 5) is 22.6. The molecule has 5 N–H and O–H groups in total. The molecule has 0 saturated heterocycles. The number of nitrogens with one attached hydrogen (secondary N) is 1. The number of hydrogen-bond acceptors (Lipinski definition) is 6. The molecule has 0 aromatic heterocycles. The Hall–Kier alpha value is -1.54. The lowest BCUT2D eigenvalue weighted by Gasteiger charge is -2.23. The van der Waals surface area contributed by atoms with Crippen LogP contribution in [-0.4, -0.2) is 47.8 Å². The van der Waals surface area contributed by atoms with Crippen LogP contribution in [0.25, 0.3) is 0 Å². The molecule has 0 aliphatic carbocycles. The molecule has 0 bridgehead atoms. The largest absolute Gasteiger partial charge is 0.472 e. The number of phosphoric ester groups is 1. The number of rotatable bonds is 37. The summed E-state index contributed by atoms with van der Waals surface area (Å²) >= 11 is 0. The Kier molecular flexibility index (Phi) is 36.1. The lowest BCUT2D eigenvalue weighted by molar-refractivity contribution is -0.123. The third-order valence-electron chi connectivity index (χ3n) is 8.63. The summed E-state index contributed by atoms with van der Waals surface area (Å²) < 4.78 is 22.0. The zero-order chi connectivity index (χ0) is 36.8. The van der Waals surface area contributed by atoms with Crippen molar-refractivity contribution >= 4 is 13.7 Å². The van der Waals surface area contributed by atoms with Crippen LogP contribution in [0.1, 0.15) is 174 Å². The van der Waals surface area contributed by atoms with Crippen molar-refractivity contribution in [3.8, 4) is 0 Å². The summed E-state index contributed by atoms with van der Waals surface area (Å²) in [6, 6.07) is -0.884. The molecule has 0 fully saturated rings. The fourth-order valence-electron chi connectivity index (χ4n) is 5.53. The zero-order valence-corrected chi connectivity index (χ0v) is 33.0. The number of amides is 1. The van der Waals surface area contributed by atoms with Crippen LogP contribution < -0.4 is 11.1 Å². The van der Waals surface area contributed by atoms with Gasteiger partial charge in [-0.3, -0.25) is 13.8 Å². The minimum absolute atomic E-state index is 0.0701. The number of nitrogens with two attached hydrogens (primary N) is 1. The Morgan fingerprint density at radius 2 is 1.12 bits per heavy atom. The summed E-state index contributed by atoms with van der Waals surface area (Å²) in [5, 5.41) is 13.6. The molecule has 292 valence electrons. The van der Waals surface area contributed by atoms with Crippen LogP contribution in [0.3, 0.4) is 0 Å². The number of unbranched alkanes of at least 4 members (excludes halogenated alkanes) is 19. The lowest BCUT2D eigenvalue weighted by atomic mass is 10.1. The summed E-state index contributed by atoms with van der Waals surface area (Å²) in [5.74, 6) is -0.220. The average molecular weight is 725 g/mol. The first-order valence-electron chi connectivity index (χ1n) is 20.3. The van der Waals surface area contributed by atoms with Crippen LogP contribution >= 0.6 is 7.82 Å². The number of hydrogen-bond donors (Lipinski definition) is 4. The second-order valence-electron chi connectivity index (χ2n) is 13.5. The van der Waals surface area contributed by atoms with Crippen LogP contribution in [-0.2, 0) is 18.4 Å². The Morgan fingerprint density at radius 3 is 1.68 bits per heavy atom. The highest BCUT2D eigenvalue weighted by molar-refractivity contribution is 7.47. The molecule has 0 saturated carbocycles. The summed E-state index contributed by atoms with van der Waals surface area (Å²) in [6.07, 6.45) is 44.4. The first-order valence-corrected chi connectivity index (χ1v) is 21.8. The number of carbonyl (C=O) groups excluding carboxylic acids is 1. The number of aliphatic hydroxyl groups is 1. The van der Waals surface area contributed by atoms with E-state index in [0.29, 0.717) is 6.42 Å². The molecule has 0 aromatic carbocycles. The topological polar surface area (TPSA) is 131 Å². The van der Waals surface area contributed by atoms with E-state index in [0.717, 1.165) is 64.2 Å². The van der Waals surface area contributed by atoms with E-state index < -0.39 is 20.0 Å². The maximum atomic E-state index is 12.7. The quantitative estimate of drug-likeness (QED) is 0.0285. The minimum Gasteiger partial charge on any atom is -0.387 e. The lowest BCUT2D eigenvalue weighted by Crippen LogP contribution is -2.45. The van der Waals surface area contributed by atoms with Gasteiger partial charge in [-0.25, -0.2) is 4.57 Å². The van der Waals surface area contributed by atoms with Crippen molar-refractivity contribution in [1.82, 2.24) is 5.32 Å². The highest BCUT2D eigenvalue weighted by atomic mass is 31.2. The second kappa shape index (κ2) is 37.2. The van der Waals surface area contributed by atoms with Gasteiger partial charge in [0.2, 0.25) is 5.91 Å². The first-order chi connectivity index (χ1) is 24.4. The van der Waals surface area contributed by atoms with Crippen LogP contribution in [0.5, 0.6) is 0 Å². The normalized spacial score (nSPS) is 14.7. The van der Waals surface area contributed by atoms with Gasteiger partial charge in [-0.05, 0) is 64.2 Å². The van der Waals surface area contributed by atoms with Gasteiger partial charge < -0.3 is 21.1 Å². The number of phosphoric acid groups is 1. The van der Waals surface area contributed by atoms with Crippen LogP contribution in [0.4, 0.5) is 0 Å². The van der Waals surface area contributed by atoms with E-state index in [2.05, 4.69) is 55.6 Å².